The van der Waals surface area contributed by atoms with Gasteiger partial charge in [0.25, 0.3) is 0 Å². The van der Waals surface area contributed by atoms with E-state index in [9.17, 15) is 40.5 Å². The van der Waals surface area contributed by atoms with E-state index in [4.69, 9.17) is 23.7 Å². The summed E-state index contributed by atoms with van der Waals surface area (Å²) in [6.07, 6.45) is -6.65. The van der Waals surface area contributed by atoms with Crippen LogP contribution in [0.3, 0.4) is 0 Å². The van der Waals surface area contributed by atoms with E-state index in [2.05, 4.69) is 34.6 Å². The summed E-state index contributed by atoms with van der Waals surface area (Å²) in [5, 5.41) is 77.6. The van der Waals surface area contributed by atoms with Gasteiger partial charge in [0.05, 0.1) is 30.3 Å². The normalized spacial score (nSPS) is 58.1. The molecule has 0 amide bonds. The third-order valence-corrected chi connectivity index (χ3v) is 17.5. The lowest BCUT2D eigenvalue weighted by atomic mass is 9.33. The highest BCUT2D eigenvalue weighted by molar-refractivity contribution is 5.86. The fourth-order valence-corrected chi connectivity index (χ4v) is 13.9. The number of hydrogen-bond donors (Lipinski definition) is 7. The van der Waals surface area contributed by atoms with Gasteiger partial charge in [-0.15, -0.1) is 0 Å². The van der Waals surface area contributed by atoms with Gasteiger partial charge in [0.15, 0.2) is 12.6 Å². The topological polar surface area (TPSA) is 205 Å². The maximum absolute atomic E-state index is 13.7. The number of fused-ring (bicyclic) bond motifs is 7. The molecule has 4 saturated heterocycles. The van der Waals surface area contributed by atoms with E-state index in [1.54, 1.807) is 6.92 Å². The summed E-state index contributed by atoms with van der Waals surface area (Å²) in [6, 6.07) is 0. The Bertz CT molecular complexity index is 1560. The molecule has 0 aromatic rings. The largest absolute Gasteiger partial charge is 0.455 e. The first kappa shape index (κ1) is 39.6. The SMILES string of the molecule is CC1OC(OC2C(OC3CCC4(C)C(CCC5(C)C4CC(O)C4=C6C7(CCC(C)(OC7=O)C6(C)O)CCC45C)C3(C)C)OCC(O)C2O)C(O)C(O)C1O. The monoisotopic (exact) mass is 764 g/mol. The van der Waals surface area contributed by atoms with Crippen molar-refractivity contribution in [1.82, 2.24) is 0 Å². The molecule has 19 unspecified atom stereocenters. The minimum Gasteiger partial charge on any atom is -0.455 e. The van der Waals surface area contributed by atoms with Crippen LogP contribution < -0.4 is 0 Å². The number of hydrogen-bond acceptors (Lipinski definition) is 13. The number of carbonyl (C=O) groups excluding carboxylic acids is 1. The van der Waals surface area contributed by atoms with Crippen molar-refractivity contribution in [2.45, 2.75) is 192 Å². The van der Waals surface area contributed by atoms with Crippen LogP contribution in [0, 0.1) is 38.9 Å². The van der Waals surface area contributed by atoms with Crippen molar-refractivity contribution in [2.24, 2.45) is 38.9 Å². The second-order valence-corrected chi connectivity index (χ2v) is 20.2. The maximum atomic E-state index is 13.7. The predicted octanol–water partition coefficient (Wildman–Crippen LogP) is 2.23. The summed E-state index contributed by atoms with van der Waals surface area (Å²) in [5.41, 5.74) is -2.95. The maximum Gasteiger partial charge on any atom is 0.317 e. The molecule has 0 aromatic heterocycles. The fourth-order valence-electron chi connectivity index (χ4n) is 13.9. The van der Waals surface area contributed by atoms with Crippen LogP contribution in [-0.2, 0) is 28.5 Å². The van der Waals surface area contributed by atoms with Crippen molar-refractivity contribution < 1.29 is 64.2 Å². The Kier molecular flexibility index (Phi) is 9.09. The second-order valence-electron chi connectivity index (χ2n) is 20.2. The van der Waals surface area contributed by atoms with E-state index < -0.39 is 88.9 Å². The Hall–Kier alpha value is -1.23. The number of rotatable bonds is 4. The van der Waals surface area contributed by atoms with Gasteiger partial charge in [-0.1, -0.05) is 34.6 Å². The molecule has 9 aliphatic rings. The summed E-state index contributed by atoms with van der Waals surface area (Å²) >= 11 is 0. The van der Waals surface area contributed by atoms with Crippen molar-refractivity contribution in [3.05, 3.63) is 11.1 Å². The van der Waals surface area contributed by atoms with Crippen LogP contribution in [0.15, 0.2) is 11.1 Å². The van der Waals surface area contributed by atoms with Crippen LogP contribution in [0.1, 0.15) is 113 Å². The first-order valence-electron chi connectivity index (χ1n) is 20.4. The zero-order chi connectivity index (χ0) is 39.3. The number of aliphatic hydroxyl groups is 7. The van der Waals surface area contributed by atoms with Gasteiger partial charge < -0.3 is 59.4 Å². The van der Waals surface area contributed by atoms with E-state index in [1.165, 1.54) is 6.92 Å². The highest BCUT2D eigenvalue weighted by Crippen LogP contribution is 2.77. The Labute approximate surface area is 318 Å². The lowest BCUT2D eigenvalue weighted by Gasteiger charge is -2.73. The van der Waals surface area contributed by atoms with Crippen molar-refractivity contribution in [2.75, 3.05) is 6.61 Å². The number of ether oxygens (including phenoxy) is 5. The van der Waals surface area contributed by atoms with Gasteiger partial charge in [0, 0.05) is 0 Å². The molecule has 13 heteroatoms. The van der Waals surface area contributed by atoms with Gasteiger partial charge in [-0.05, 0) is 123 Å². The van der Waals surface area contributed by atoms with Crippen LogP contribution in [-0.4, -0.2) is 127 Å². The Morgan fingerprint density at radius 2 is 1.43 bits per heavy atom. The van der Waals surface area contributed by atoms with Crippen LogP contribution >= 0.6 is 0 Å². The molecule has 1 spiro atoms. The van der Waals surface area contributed by atoms with Gasteiger partial charge in [0.2, 0.25) is 0 Å². The molecule has 5 aliphatic carbocycles. The van der Waals surface area contributed by atoms with E-state index in [-0.39, 0.29) is 41.3 Å². The Morgan fingerprint density at radius 1 is 0.741 bits per heavy atom. The van der Waals surface area contributed by atoms with E-state index in [0.717, 1.165) is 36.8 Å². The van der Waals surface area contributed by atoms with Crippen molar-refractivity contribution >= 4 is 5.97 Å². The van der Waals surface area contributed by atoms with Crippen LogP contribution in [0.4, 0.5) is 0 Å². The zero-order valence-corrected chi connectivity index (χ0v) is 33.2. The minimum absolute atomic E-state index is 0.142. The zero-order valence-electron chi connectivity index (χ0n) is 33.2. The average molecular weight is 765 g/mol. The molecule has 9 rings (SSSR count). The van der Waals surface area contributed by atoms with E-state index >= 15 is 0 Å². The van der Waals surface area contributed by atoms with E-state index in [0.29, 0.717) is 32.1 Å². The molecule has 8 fully saturated rings. The first-order valence-corrected chi connectivity index (χ1v) is 20.4. The van der Waals surface area contributed by atoms with Crippen molar-refractivity contribution in [3.8, 4) is 0 Å². The summed E-state index contributed by atoms with van der Waals surface area (Å²) < 4.78 is 30.4. The molecule has 19 atom stereocenters. The third-order valence-electron chi connectivity index (χ3n) is 17.5. The van der Waals surface area contributed by atoms with Crippen LogP contribution in [0.25, 0.3) is 0 Å². The Morgan fingerprint density at radius 3 is 2.11 bits per heavy atom. The molecule has 7 N–H and O–H groups in total. The molecule has 13 nitrogen and oxygen atoms in total. The summed E-state index contributed by atoms with van der Waals surface area (Å²) in [6.45, 7) is 16.4. The van der Waals surface area contributed by atoms with Gasteiger partial charge in [0.1, 0.15) is 47.8 Å². The van der Waals surface area contributed by atoms with E-state index in [1.807, 2.05) is 6.92 Å². The van der Waals surface area contributed by atoms with Crippen molar-refractivity contribution in [3.63, 3.8) is 0 Å². The lowest BCUT2D eigenvalue weighted by molar-refractivity contribution is -0.364. The molecule has 0 radical (unpaired) electrons. The number of carbonyl (C=O) groups is 1. The Balaban J connectivity index is 1.07. The molecule has 4 aliphatic heterocycles. The molecule has 306 valence electrons. The molecule has 2 bridgehead atoms. The fraction of sp³-hybridized carbons (Fsp3) is 0.927. The molecule has 54 heavy (non-hydrogen) atoms. The smallest absolute Gasteiger partial charge is 0.317 e. The molecule has 4 heterocycles. The van der Waals surface area contributed by atoms with Crippen molar-refractivity contribution in [1.29, 1.82) is 0 Å². The van der Waals surface area contributed by atoms with Crippen LogP contribution in [0.5, 0.6) is 0 Å². The second kappa shape index (κ2) is 12.4. The molecular formula is C41H64O13. The molecule has 4 saturated carbocycles. The lowest BCUT2D eigenvalue weighted by Crippen LogP contribution is -2.72. The number of esters is 1. The van der Waals surface area contributed by atoms with Gasteiger partial charge in [-0.3, -0.25) is 4.79 Å². The summed E-state index contributed by atoms with van der Waals surface area (Å²) in [4.78, 5) is 13.7. The van der Waals surface area contributed by atoms with Gasteiger partial charge in [-0.25, -0.2) is 0 Å². The average Bonchev–Trinajstić information content (AvgIpc) is 3.09. The highest BCUT2D eigenvalue weighted by atomic mass is 16.8. The standard InChI is InChI=1S/C41H64O13/c1-19-26(44)28(46)29(47)32(51-19)53-30-27(45)21(43)18-50-33(30)52-24-10-11-36(4)22(35(24,2)3)9-12-37(5)23(36)17-20(42)25-31-40(8,49)39(7)14-16-41(31,34(48)54-39)15-13-38(25,37)6/h19-24,26-30,32-33,42-47,49H,9-18H2,1-8H3. The quantitative estimate of drug-likeness (QED) is 0.125. The summed E-state index contributed by atoms with van der Waals surface area (Å²) in [7, 11) is 0. The minimum atomic E-state index is -1.61. The highest BCUT2D eigenvalue weighted by Gasteiger charge is 2.75. The van der Waals surface area contributed by atoms with Gasteiger partial charge >= 0.3 is 5.97 Å². The predicted molar refractivity (Wildman–Crippen MR) is 191 cm³/mol. The third kappa shape index (κ3) is 4.99. The number of aliphatic hydroxyl groups excluding tert-OH is 6. The first-order chi connectivity index (χ1) is 25.0. The molecule has 0 aromatic carbocycles. The van der Waals surface area contributed by atoms with Gasteiger partial charge in [-0.2, -0.15) is 0 Å². The summed E-state index contributed by atoms with van der Waals surface area (Å²) in [5.74, 6) is 0.0692. The van der Waals surface area contributed by atoms with Crippen LogP contribution in [0.2, 0.25) is 0 Å². The molecular weight excluding hydrogens is 700 g/mol.